The molecule has 2 aromatic rings. The van der Waals surface area contributed by atoms with E-state index < -0.39 is 11.9 Å². The lowest BCUT2D eigenvalue weighted by atomic mass is 10.1. The molecular formula is C15H15F2NO2. The summed E-state index contributed by atoms with van der Waals surface area (Å²) in [6.07, 6.45) is -0.801. The Hall–Kier alpha value is -2.14. The normalized spacial score (nSPS) is 12.0. The lowest BCUT2D eigenvalue weighted by Gasteiger charge is -2.15. The first-order chi connectivity index (χ1) is 9.60. The van der Waals surface area contributed by atoms with Crippen LogP contribution in [-0.2, 0) is 0 Å². The van der Waals surface area contributed by atoms with Crippen molar-refractivity contribution in [3.05, 3.63) is 59.7 Å². The number of hydrogen-bond donors (Lipinski definition) is 2. The van der Waals surface area contributed by atoms with Gasteiger partial charge in [-0.3, -0.25) is 0 Å². The molecule has 0 saturated carbocycles. The van der Waals surface area contributed by atoms with Gasteiger partial charge in [0.25, 0.3) is 0 Å². The molecule has 106 valence electrons. The third-order valence-electron chi connectivity index (χ3n) is 2.90. The van der Waals surface area contributed by atoms with Crippen LogP contribution in [0.3, 0.4) is 0 Å². The van der Waals surface area contributed by atoms with Crippen molar-refractivity contribution >= 4 is 5.69 Å². The number of halogens is 2. The summed E-state index contributed by atoms with van der Waals surface area (Å²) in [5, 5.41) is 13.0. The zero-order valence-corrected chi connectivity index (χ0v) is 10.9. The van der Waals surface area contributed by atoms with Crippen molar-refractivity contribution in [3.8, 4) is 5.75 Å². The maximum Gasteiger partial charge on any atom is 0.144 e. The Kier molecular flexibility index (Phi) is 4.53. The lowest BCUT2D eigenvalue weighted by Crippen LogP contribution is -2.12. The van der Waals surface area contributed by atoms with E-state index in [4.69, 9.17) is 4.74 Å². The molecule has 1 atom stereocenters. The van der Waals surface area contributed by atoms with E-state index in [9.17, 15) is 13.9 Å². The quantitative estimate of drug-likeness (QED) is 0.883. The summed E-state index contributed by atoms with van der Waals surface area (Å²) in [6.45, 7) is 0.202. The van der Waals surface area contributed by atoms with Crippen molar-refractivity contribution in [2.45, 2.75) is 6.10 Å². The third-order valence-corrected chi connectivity index (χ3v) is 2.90. The minimum absolute atomic E-state index is 0.202. The Bertz CT molecular complexity index is 573. The van der Waals surface area contributed by atoms with Crippen LogP contribution in [0.2, 0.25) is 0 Å². The van der Waals surface area contributed by atoms with Crippen LogP contribution in [0.25, 0.3) is 0 Å². The first-order valence-electron chi connectivity index (χ1n) is 6.11. The number of methoxy groups -OCH3 is 1. The molecule has 3 nitrogen and oxygen atoms in total. The second kappa shape index (κ2) is 6.34. The zero-order valence-electron chi connectivity index (χ0n) is 10.9. The zero-order chi connectivity index (χ0) is 14.5. The van der Waals surface area contributed by atoms with E-state index in [0.29, 0.717) is 17.0 Å². The number of aliphatic hydroxyl groups is 1. The number of rotatable bonds is 5. The van der Waals surface area contributed by atoms with E-state index in [1.165, 1.54) is 49.6 Å². The Morgan fingerprint density at radius 1 is 1.10 bits per heavy atom. The molecule has 5 heteroatoms. The van der Waals surface area contributed by atoms with E-state index in [2.05, 4.69) is 5.32 Å². The van der Waals surface area contributed by atoms with Gasteiger partial charge in [-0.25, -0.2) is 8.78 Å². The number of hydrogen-bond acceptors (Lipinski definition) is 3. The minimum Gasteiger partial charge on any atom is -0.494 e. The van der Waals surface area contributed by atoms with E-state index in [-0.39, 0.29) is 12.4 Å². The van der Waals surface area contributed by atoms with Crippen LogP contribution in [0.4, 0.5) is 14.5 Å². The fourth-order valence-corrected chi connectivity index (χ4v) is 1.82. The highest BCUT2D eigenvalue weighted by Crippen LogP contribution is 2.25. The molecule has 2 aromatic carbocycles. The Labute approximate surface area is 115 Å². The molecule has 0 saturated heterocycles. The van der Waals surface area contributed by atoms with E-state index in [1.807, 2.05) is 0 Å². The fraction of sp³-hybridized carbons (Fsp3) is 0.200. The van der Waals surface area contributed by atoms with Crippen LogP contribution in [0.5, 0.6) is 5.75 Å². The second-order valence-corrected chi connectivity index (χ2v) is 4.29. The van der Waals surface area contributed by atoms with Crippen molar-refractivity contribution < 1.29 is 18.6 Å². The van der Waals surface area contributed by atoms with Gasteiger partial charge in [0.05, 0.1) is 18.9 Å². The molecule has 0 aliphatic rings. The summed E-state index contributed by atoms with van der Waals surface area (Å²) in [4.78, 5) is 0. The maximum absolute atomic E-state index is 13.0. The van der Waals surface area contributed by atoms with Gasteiger partial charge in [0.1, 0.15) is 17.4 Å². The molecule has 0 aromatic heterocycles. The first-order valence-corrected chi connectivity index (χ1v) is 6.11. The van der Waals surface area contributed by atoms with Gasteiger partial charge in [0.15, 0.2) is 0 Å². The number of aliphatic hydroxyl groups excluding tert-OH is 1. The molecule has 0 heterocycles. The topological polar surface area (TPSA) is 41.5 Å². The van der Waals surface area contributed by atoms with Crippen molar-refractivity contribution in [2.24, 2.45) is 0 Å². The molecule has 0 amide bonds. The van der Waals surface area contributed by atoms with Crippen LogP contribution < -0.4 is 10.1 Å². The largest absolute Gasteiger partial charge is 0.494 e. The van der Waals surface area contributed by atoms with Crippen LogP contribution in [-0.4, -0.2) is 18.8 Å². The number of benzene rings is 2. The second-order valence-electron chi connectivity index (χ2n) is 4.29. The van der Waals surface area contributed by atoms with Gasteiger partial charge >= 0.3 is 0 Å². The van der Waals surface area contributed by atoms with Crippen LogP contribution in [0.15, 0.2) is 42.5 Å². The maximum atomic E-state index is 13.0. The number of anilines is 1. The van der Waals surface area contributed by atoms with Crippen molar-refractivity contribution in [1.82, 2.24) is 0 Å². The van der Waals surface area contributed by atoms with Crippen molar-refractivity contribution in [3.63, 3.8) is 0 Å². The number of nitrogens with one attached hydrogen (secondary N) is 1. The van der Waals surface area contributed by atoms with Gasteiger partial charge < -0.3 is 15.2 Å². The molecule has 0 aliphatic carbocycles. The number of ether oxygens (including phenoxy) is 1. The van der Waals surface area contributed by atoms with Crippen molar-refractivity contribution in [1.29, 1.82) is 0 Å². The van der Waals surface area contributed by atoms with Gasteiger partial charge in [0.2, 0.25) is 0 Å². The summed E-state index contributed by atoms with van der Waals surface area (Å²) < 4.78 is 30.9. The Balaban J connectivity index is 2.03. The van der Waals surface area contributed by atoms with Crippen LogP contribution in [0, 0.1) is 11.6 Å². The summed E-state index contributed by atoms with van der Waals surface area (Å²) in [7, 11) is 1.44. The molecule has 0 radical (unpaired) electrons. The highest BCUT2D eigenvalue weighted by atomic mass is 19.1. The highest BCUT2D eigenvalue weighted by molar-refractivity contribution is 5.56. The molecule has 2 N–H and O–H groups in total. The fourth-order valence-electron chi connectivity index (χ4n) is 1.82. The highest BCUT2D eigenvalue weighted by Gasteiger charge is 2.10. The average molecular weight is 279 g/mol. The molecule has 0 aliphatic heterocycles. The third kappa shape index (κ3) is 3.45. The molecule has 1 unspecified atom stereocenters. The molecule has 0 spiro atoms. The predicted molar refractivity (Wildman–Crippen MR) is 72.8 cm³/mol. The minimum atomic E-state index is -0.801. The SMILES string of the molecule is COc1cc(F)ccc1NCC(O)c1ccc(F)cc1. The average Bonchev–Trinajstić information content (AvgIpc) is 2.46. The first kappa shape index (κ1) is 14.3. The van der Waals surface area contributed by atoms with E-state index >= 15 is 0 Å². The molecule has 0 fully saturated rings. The van der Waals surface area contributed by atoms with E-state index in [1.54, 1.807) is 0 Å². The van der Waals surface area contributed by atoms with Gasteiger partial charge in [-0.15, -0.1) is 0 Å². The molecule has 20 heavy (non-hydrogen) atoms. The Morgan fingerprint density at radius 2 is 1.75 bits per heavy atom. The summed E-state index contributed by atoms with van der Waals surface area (Å²) in [5.41, 5.74) is 1.18. The summed E-state index contributed by atoms with van der Waals surface area (Å²) >= 11 is 0. The van der Waals surface area contributed by atoms with Gasteiger partial charge in [-0.2, -0.15) is 0 Å². The molecule has 2 rings (SSSR count). The van der Waals surface area contributed by atoms with Crippen LogP contribution >= 0.6 is 0 Å². The lowest BCUT2D eigenvalue weighted by molar-refractivity contribution is 0.191. The van der Waals surface area contributed by atoms with Gasteiger partial charge in [-0.1, -0.05) is 12.1 Å². The monoisotopic (exact) mass is 279 g/mol. The predicted octanol–water partition coefficient (Wildman–Crippen LogP) is 3.12. The summed E-state index contributed by atoms with van der Waals surface area (Å²) in [5.74, 6) is -0.392. The smallest absolute Gasteiger partial charge is 0.144 e. The van der Waals surface area contributed by atoms with Gasteiger partial charge in [0, 0.05) is 12.6 Å². The molecule has 0 bridgehead atoms. The van der Waals surface area contributed by atoms with Crippen molar-refractivity contribution in [2.75, 3.05) is 19.0 Å². The van der Waals surface area contributed by atoms with E-state index in [0.717, 1.165) is 0 Å². The van der Waals surface area contributed by atoms with Gasteiger partial charge in [-0.05, 0) is 29.8 Å². The molecular weight excluding hydrogens is 264 g/mol. The summed E-state index contributed by atoms with van der Waals surface area (Å²) in [6, 6.07) is 9.70. The Morgan fingerprint density at radius 3 is 2.40 bits per heavy atom. The standard InChI is InChI=1S/C15H15F2NO2/c1-20-15-8-12(17)6-7-13(15)18-9-14(19)10-2-4-11(16)5-3-10/h2-8,14,18-19H,9H2,1H3. The van der Waals surface area contributed by atoms with Crippen LogP contribution in [0.1, 0.15) is 11.7 Å².